The first kappa shape index (κ1) is 19.0. The van der Waals surface area contributed by atoms with E-state index in [1.54, 1.807) is 24.0 Å². The van der Waals surface area contributed by atoms with Gasteiger partial charge in [-0.05, 0) is 52.0 Å². The summed E-state index contributed by atoms with van der Waals surface area (Å²) < 4.78 is 18.9. The Balaban J connectivity index is 2.53. The van der Waals surface area contributed by atoms with Crippen molar-refractivity contribution in [3.63, 3.8) is 0 Å². The fourth-order valence-corrected chi connectivity index (χ4v) is 2.86. The van der Waals surface area contributed by atoms with Crippen molar-refractivity contribution in [3.8, 4) is 11.3 Å². The summed E-state index contributed by atoms with van der Waals surface area (Å²) in [5.41, 5.74) is 2.26. The highest BCUT2D eigenvalue weighted by atomic mass is 19.1. The number of anilines is 1. The topological polar surface area (TPSA) is 49.6 Å². The average molecular weight is 347 g/mol. The molecule has 0 aliphatic rings. The summed E-state index contributed by atoms with van der Waals surface area (Å²) in [6, 6.07) is 6.21. The van der Waals surface area contributed by atoms with E-state index in [4.69, 9.17) is 4.52 Å². The van der Waals surface area contributed by atoms with Gasteiger partial charge >= 0.3 is 0 Å². The smallest absolute Gasteiger partial charge is 0.232 e. The van der Waals surface area contributed by atoms with Gasteiger partial charge in [-0.2, -0.15) is 0 Å². The number of nitrogens with zero attached hydrogens (tertiary/aromatic N) is 3. The second-order valence-corrected chi connectivity index (χ2v) is 6.23. The molecule has 0 saturated carbocycles. The third kappa shape index (κ3) is 4.18. The number of carbonyl (C=O) groups excluding carboxylic acids is 1. The number of halogens is 1. The van der Waals surface area contributed by atoms with Gasteiger partial charge in [0.05, 0.1) is 12.1 Å². The van der Waals surface area contributed by atoms with Gasteiger partial charge < -0.3 is 14.3 Å². The highest BCUT2D eigenvalue weighted by Gasteiger charge is 2.25. The van der Waals surface area contributed by atoms with E-state index in [1.807, 2.05) is 27.7 Å². The molecule has 0 aliphatic heterocycles. The van der Waals surface area contributed by atoms with Crippen LogP contribution in [0.25, 0.3) is 11.3 Å². The zero-order chi connectivity index (χ0) is 18.6. The maximum atomic E-state index is 13.3. The van der Waals surface area contributed by atoms with E-state index in [0.29, 0.717) is 18.1 Å². The summed E-state index contributed by atoms with van der Waals surface area (Å²) in [5, 5.41) is 4.23. The van der Waals surface area contributed by atoms with Crippen LogP contribution >= 0.6 is 0 Å². The van der Waals surface area contributed by atoms with Crippen molar-refractivity contribution in [2.45, 2.75) is 47.2 Å². The molecule has 0 spiro atoms. The number of aromatic nitrogens is 1. The van der Waals surface area contributed by atoms with Crippen LogP contribution in [0.3, 0.4) is 0 Å². The van der Waals surface area contributed by atoms with Gasteiger partial charge in [0.25, 0.3) is 0 Å². The third-order valence-electron chi connectivity index (χ3n) is 4.29. The van der Waals surface area contributed by atoms with Crippen LogP contribution in [0.1, 0.15) is 40.2 Å². The highest BCUT2D eigenvalue weighted by molar-refractivity contribution is 5.75. The second-order valence-electron chi connectivity index (χ2n) is 6.23. The van der Waals surface area contributed by atoms with E-state index in [-0.39, 0.29) is 17.8 Å². The van der Waals surface area contributed by atoms with Crippen LogP contribution in [-0.4, -0.2) is 35.1 Å². The van der Waals surface area contributed by atoms with Crippen LogP contribution < -0.4 is 4.90 Å². The van der Waals surface area contributed by atoms with Crippen LogP contribution in [0.4, 0.5) is 10.3 Å². The molecule has 0 aliphatic carbocycles. The summed E-state index contributed by atoms with van der Waals surface area (Å²) in [5.74, 6) is 0.355. The van der Waals surface area contributed by atoms with Crippen molar-refractivity contribution in [1.82, 2.24) is 10.1 Å². The SMILES string of the molecule is CCN(CC)c1onc(-c2ccc(F)cc2)c1CN(C(C)=O)C(C)C. The fourth-order valence-electron chi connectivity index (χ4n) is 2.86. The molecule has 0 N–H and O–H groups in total. The molecular formula is C19H26FN3O2. The normalized spacial score (nSPS) is 11.0. The second kappa shape index (κ2) is 8.14. The van der Waals surface area contributed by atoms with Gasteiger partial charge in [0, 0.05) is 31.6 Å². The quantitative estimate of drug-likeness (QED) is 0.757. The predicted octanol–water partition coefficient (Wildman–Crippen LogP) is 4.08. The zero-order valence-electron chi connectivity index (χ0n) is 15.5. The van der Waals surface area contributed by atoms with E-state index in [2.05, 4.69) is 10.1 Å². The van der Waals surface area contributed by atoms with E-state index in [0.717, 1.165) is 24.2 Å². The molecule has 0 fully saturated rings. The number of hydrogen-bond acceptors (Lipinski definition) is 4. The molecule has 5 nitrogen and oxygen atoms in total. The van der Waals surface area contributed by atoms with Crippen LogP contribution in [0.2, 0.25) is 0 Å². The van der Waals surface area contributed by atoms with Gasteiger partial charge in [0.1, 0.15) is 11.5 Å². The molecule has 1 aromatic heterocycles. The van der Waals surface area contributed by atoms with E-state index in [9.17, 15) is 9.18 Å². The van der Waals surface area contributed by atoms with Gasteiger partial charge in [-0.15, -0.1) is 0 Å². The lowest BCUT2D eigenvalue weighted by atomic mass is 10.1. The largest absolute Gasteiger partial charge is 0.341 e. The molecule has 0 radical (unpaired) electrons. The predicted molar refractivity (Wildman–Crippen MR) is 96.8 cm³/mol. The molecule has 136 valence electrons. The lowest BCUT2D eigenvalue weighted by Gasteiger charge is -2.27. The minimum Gasteiger partial charge on any atom is -0.341 e. The molecule has 0 atom stereocenters. The third-order valence-corrected chi connectivity index (χ3v) is 4.29. The first-order chi connectivity index (χ1) is 11.9. The van der Waals surface area contributed by atoms with E-state index < -0.39 is 0 Å². The minimum absolute atomic E-state index is 0.00764. The molecule has 1 heterocycles. The Morgan fingerprint density at radius 2 is 1.80 bits per heavy atom. The number of carbonyl (C=O) groups is 1. The van der Waals surface area contributed by atoms with Crippen LogP contribution in [-0.2, 0) is 11.3 Å². The maximum absolute atomic E-state index is 13.3. The summed E-state index contributed by atoms with van der Waals surface area (Å²) in [7, 11) is 0. The van der Waals surface area contributed by atoms with Crippen molar-refractivity contribution < 1.29 is 13.7 Å². The van der Waals surface area contributed by atoms with Crippen LogP contribution in [0, 0.1) is 5.82 Å². The molecule has 1 aromatic carbocycles. The Hall–Kier alpha value is -2.37. The Labute approximate surface area is 148 Å². The maximum Gasteiger partial charge on any atom is 0.232 e. The van der Waals surface area contributed by atoms with E-state index >= 15 is 0 Å². The number of hydrogen-bond donors (Lipinski definition) is 0. The zero-order valence-corrected chi connectivity index (χ0v) is 15.5. The molecule has 0 saturated heterocycles. The lowest BCUT2D eigenvalue weighted by Crippen LogP contribution is -2.35. The van der Waals surface area contributed by atoms with Crippen molar-refractivity contribution in [1.29, 1.82) is 0 Å². The standard InChI is InChI=1S/C19H26FN3O2/c1-6-22(7-2)19-17(12-23(13(3)4)14(5)24)18(21-25-19)15-8-10-16(20)11-9-15/h8-11,13H,6-7,12H2,1-5H3. The molecule has 0 bridgehead atoms. The van der Waals surface area contributed by atoms with Gasteiger partial charge in [-0.3, -0.25) is 4.79 Å². The fraction of sp³-hybridized carbons (Fsp3) is 0.474. The number of amides is 1. The molecule has 6 heteroatoms. The Kier molecular flexibility index (Phi) is 6.17. The van der Waals surface area contributed by atoms with Crippen molar-refractivity contribution in [2.24, 2.45) is 0 Å². The molecule has 25 heavy (non-hydrogen) atoms. The first-order valence-electron chi connectivity index (χ1n) is 8.65. The summed E-state index contributed by atoms with van der Waals surface area (Å²) in [6.07, 6.45) is 0. The summed E-state index contributed by atoms with van der Waals surface area (Å²) in [6.45, 7) is 11.5. The highest BCUT2D eigenvalue weighted by Crippen LogP contribution is 2.33. The molecule has 2 rings (SSSR count). The van der Waals surface area contributed by atoms with E-state index in [1.165, 1.54) is 12.1 Å². The van der Waals surface area contributed by atoms with Gasteiger partial charge in [-0.1, -0.05) is 5.16 Å². The number of benzene rings is 1. The summed E-state index contributed by atoms with van der Waals surface area (Å²) >= 11 is 0. The Bertz CT molecular complexity index is 706. The van der Waals surface area contributed by atoms with Crippen LogP contribution in [0.15, 0.2) is 28.8 Å². The molecule has 2 aromatic rings. The van der Waals surface area contributed by atoms with Crippen molar-refractivity contribution >= 4 is 11.8 Å². The van der Waals surface area contributed by atoms with Crippen LogP contribution in [0.5, 0.6) is 0 Å². The molecule has 0 unspecified atom stereocenters. The van der Waals surface area contributed by atoms with Gasteiger partial charge in [0.15, 0.2) is 0 Å². The van der Waals surface area contributed by atoms with Gasteiger partial charge in [-0.25, -0.2) is 4.39 Å². The van der Waals surface area contributed by atoms with Gasteiger partial charge in [0.2, 0.25) is 11.8 Å². The summed E-state index contributed by atoms with van der Waals surface area (Å²) in [4.78, 5) is 15.9. The van der Waals surface area contributed by atoms with Crippen molar-refractivity contribution in [2.75, 3.05) is 18.0 Å². The molecule has 1 amide bonds. The average Bonchev–Trinajstić information content (AvgIpc) is 2.97. The Morgan fingerprint density at radius 1 is 1.20 bits per heavy atom. The number of rotatable bonds is 7. The molecular weight excluding hydrogens is 321 g/mol. The van der Waals surface area contributed by atoms with Crippen molar-refractivity contribution in [3.05, 3.63) is 35.6 Å². The first-order valence-corrected chi connectivity index (χ1v) is 8.65. The lowest BCUT2D eigenvalue weighted by molar-refractivity contribution is -0.131. The monoisotopic (exact) mass is 347 g/mol. The Morgan fingerprint density at radius 3 is 2.28 bits per heavy atom. The minimum atomic E-state index is -0.301.